The highest BCUT2D eigenvalue weighted by atomic mass is 19.4. The zero-order valence-corrected chi connectivity index (χ0v) is 10.8. The molecule has 0 amide bonds. The largest absolute Gasteiger partial charge is 0.435 e. The van der Waals surface area contributed by atoms with Gasteiger partial charge in [-0.25, -0.2) is 9.67 Å². The van der Waals surface area contributed by atoms with Gasteiger partial charge in [-0.3, -0.25) is 0 Å². The predicted molar refractivity (Wildman–Crippen MR) is 67.9 cm³/mol. The van der Waals surface area contributed by atoms with Gasteiger partial charge in [0.2, 0.25) is 0 Å². The number of alkyl halides is 3. The van der Waals surface area contributed by atoms with Gasteiger partial charge in [0.05, 0.1) is 11.9 Å². The monoisotopic (exact) mass is 282 g/mol. The highest BCUT2D eigenvalue weighted by Crippen LogP contribution is 2.42. The van der Waals surface area contributed by atoms with Crippen LogP contribution < -0.4 is 5.32 Å². The third kappa shape index (κ3) is 2.35. The van der Waals surface area contributed by atoms with Crippen LogP contribution in [0, 0.1) is 0 Å². The summed E-state index contributed by atoms with van der Waals surface area (Å²) in [6.45, 7) is 0. The lowest BCUT2D eigenvalue weighted by atomic mass is 10.2. The van der Waals surface area contributed by atoms with Gasteiger partial charge < -0.3 is 5.32 Å². The molecule has 0 bridgehead atoms. The van der Waals surface area contributed by atoms with Crippen LogP contribution in [0.25, 0.3) is 5.82 Å². The average Bonchev–Trinajstić information content (AvgIpc) is 3.16. The molecule has 4 nitrogen and oxygen atoms in total. The lowest BCUT2D eigenvalue weighted by Gasteiger charge is -2.06. The van der Waals surface area contributed by atoms with Crippen molar-refractivity contribution in [2.45, 2.75) is 24.9 Å². The molecular formula is C13H13F3N4. The summed E-state index contributed by atoms with van der Waals surface area (Å²) >= 11 is 0. The Balaban J connectivity index is 2.04. The number of pyridine rings is 1. The van der Waals surface area contributed by atoms with Crippen LogP contribution in [0.4, 0.5) is 18.9 Å². The molecule has 0 aliphatic heterocycles. The van der Waals surface area contributed by atoms with Crippen LogP contribution in [0.5, 0.6) is 0 Å². The normalized spacial score (nSPS) is 15.4. The van der Waals surface area contributed by atoms with E-state index >= 15 is 0 Å². The molecule has 3 rings (SSSR count). The highest BCUT2D eigenvalue weighted by molar-refractivity contribution is 5.43. The maximum atomic E-state index is 12.8. The van der Waals surface area contributed by atoms with E-state index in [0.717, 1.165) is 24.6 Å². The number of hydrogen-bond acceptors (Lipinski definition) is 3. The van der Waals surface area contributed by atoms with Crippen LogP contribution in [-0.2, 0) is 6.18 Å². The minimum atomic E-state index is -4.43. The molecule has 0 spiro atoms. The van der Waals surface area contributed by atoms with Gasteiger partial charge in [-0.2, -0.15) is 18.3 Å². The molecule has 0 saturated heterocycles. The predicted octanol–water partition coefficient (Wildman–Crippen LogP) is 3.21. The van der Waals surface area contributed by atoms with E-state index in [9.17, 15) is 13.2 Å². The molecule has 1 aliphatic carbocycles. The quantitative estimate of drug-likeness (QED) is 0.940. The van der Waals surface area contributed by atoms with Crippen LogP contribution in [0.15, 0.2) is 24.4 Å². The third-order valence-corrected chi connectivity index (χ3v) is 3.28. The van der Waals surface area contributed by atoms with Crippen LogP contribution >= 0.6 is 0 Å². The summed E-state index contributed by atoms with van der Waals surface area (Å²) in [5.41, 5.74) is 0.519. The van der Waals surface area contributed by atoms with Crippen LogP contribution in [0.2, 0.25) is 0 Å². The fourth-order valence-electron chi connectivity index (χ4n) is 2.05. The number of hydrogen-bond donors (Lipinski definition) is 1. The first-order valence-electron chi connectivity index (χ1n) is 6.30. The van der Waals surface area contributed by atoms with Gasteiger partial charge in [-0.15, -0.1) is 0 Å². The first kappa shape index (κ1) is 13.0. The topological polar surface area (TPSA) is 42.7 Å². The summed E-state index contributed by atoms with van der Waals surface area (Å²) in [4.78, 5) is 4.16. The summed E-state index contributed by atoms with van der Waals surface area (Å²) in [5.74, 6) is 0.561. The SMILES string of the molecule is CNc1ccc(-n2nc(C(F)(F)F)cc2C2CC2)nc1. The summed E-state index contributed by atoms with van der Waals surface area (Å²) in [7, 11) is 1.75. The molecule has 106 valence electrons. The molecule has 0 radical (unpaired) electrons. The number of halogens is 3. The van der Waals surface area contributed by atoms with Crippen molar-refractivity contribution in [1.29, 1.82) is 0 Å². The Labute approximate surface area is 113 Å². The van der Waals surface area contributed by atoms with Gasteiger partial charge in [0.15, 0.2) is 11.5 Å². The number of nitrogens with zero attached hydrogens (tertiary/aromatic N) is 3. The van der Waals surface area contributed by atoms with Gasteiger partial charge in [-0.05, 0) is 31.0 Å². The van der Waals surface area contributed by atoms with E-state index in [1.807, 2.05) is 0 Å². The van der Waals surface area contributed by atoms with E-state index in [0.29, 0.717) is 11.5 Å². The maximum absolute atomic E-state index is 12.8. The fourth-order valence-corrected chi connectivity index (χ4v) is 2.05. The Hall–Kier alpha value is -2.05. The summed E-state index contributed by atoms with van der Waals surface area (Å²) in [6.07, 6.45) is -1.06. The first-order valence-corrected chi connectivity index (χ1v) is 6.30. The second kappa shape index (κ2) is 4.50. The van der Waals surface area contributed by atoms with Crippen molar-refractivity contribution in [1.82, 2.24) is 14.8 Å². The Morgan fingerprint density at radius 3 is 2.55 bits per heavy atom. The molecular weight excluding hydrogens is 269 g/mol. The Bertz CT molecular complexity index is 612. The van der Waals surface area contributed by atoms with Crippen molar-refractivity contribution in [2.75, 3.05) is 12.4 Å². The molecule has 1 fully saturated rings. The number of aromatic nitrogens is 3. The molecule has 1 saturated carbocycles. The van der Waals surface area contributed by atoms with E-state index in [1.54, 1.807) is 25.4 Å². The zero-order valence-electron chi connectivity index (χ0n) is 10.8. The Morgan fingerprint density at radius 2 is 2.05 bits per heavy atom. The van der Waals surface area contributed by atoms with Gasteiger partial charge in [0, 0.05) is 18.7 Å². The lowest BCUT2D eigenvalue weighted by molar-refractivity contribution is -0.141. The van der Waals surface area contributed by atoms with Crippen molar-refractivity contribution in [2.24, 2.45) is 0 Å². The van der Waals surface area contributed by atoms with Crippen LogP contribution in [0.3, 0.4) is 0 Å². The van der Waals surface area contributed by atoms with E-state index < -0.39 is 11.9 Å². The third-order valence-electron chi connectivity index (χ3n) is 3.28. The molecule has 7 heteroatoms. The van der Waals surface area contributed by atoms with Gasteiger partial charge in [0.25, 0.3) is 0 Å². The van der Waals surface area contributed by atoms with Crippen LogP contribution in [0.1, 0.15) is 30.1 Å². The fraction of sp³-hybridized carbons (Fsp3) is 0.385. The lowest BCUT2D eigenvalue weighted by Crippen LogP contribution is -2.08. The van der Waals surface area contributed by atoms with Crippen molar-refractivity contribution in [3.05, 3.63) is 35.8 Å². The molecule has 0 atom stereocenters. The standard InChI is InChI=1S/C13H13F3N4/c1-17-9-4-5-12(18-7-9)20-10(8-2-3-8)6-11(19-20)13(14,15)16/h4-8,17H,2-3H2,1H3. The number of anilines is 1. The summed E-state index contributed by atoms with van der Waals surface area (Å²) in [5, 5.41) is 6.59. The van der Waals surface area contributed by atoms with E-state index in [-0.39, 0.29) is 5.92 Å². The molecule has 1 N–H and O–H groups in total. The van der Waals surface area contributed by atoms with Gasteiger partial charge in [0.1, 0.15) is 0 Å². The average molecular weight is 282 g/mol. The number of rotatable bonds is 3. The molecule has 2 heterocycles. The second-order valence-corrected chi connectivity index (χ2v) is 4.79. The van der Waals surface area contributed by atoms with Gasteiger partial charge in [-0.1, -0.05) is 0 Å². The second-order valence-electron chi connectivity index (χ2n) is 4.79. The van der Waals surface area contributed by atoms with Gasteiger partial charge >= 0.3 is 6.18 Å². The van der Waals surface area contributed by atoms with E-state index in [4.69, 9.17) is 0 Å². The van der Waals surface area contributed by atoms with Crippen LogP contribution in [-0.4, -0.2) is 21.8 Å². The minimum Gasteiger partial charge on any atom is -0.387 e. The molecule has 0 aromatic carbocycles. The maximum Gasteiger partial charge on any atom is 0.435 e. The van der Waals surface area contributed by atoms with Crippen molar-refractivity contribution >= 4 is 5.69 Å². The molecule has 2 aromatic rings. The summed E-state index contributed by atoms with van der Waals surface area (Å²) < 4.78 is 39.7. The minimum absolute atomic E-state index is 0.157. The smallest absolute Gasteiger partial charge is 0.387 e. The first-order chi connectivity index (χ1) is 9.49. The summed E-state index contributed by atoms with van der Waals surface area (Å²) in [6, 6.07) is 4.55. The zero-order chi connectivity index (χ0) is 14.3. The molecule has 2 aromatic heterocycles. The van der Waals surface area contributed by atoms with Crippen molar-refractivity contribution in [3.63, 3.8) is 0 Å². The molecule has 20 heavy (non-hydrogen) atoms. The Kier molecular flexibility index (Phi) is 2.92. The van der Waals surface area contributed by atoms with E-state index in [2.05, 4.69) is 15.4 Å². The number of nitrogens with one attached hydrogen (secondary N) is 1. The van der Waals surface area contributed by atoms with Crippen molar-refractivity contribution in [3.8, 4) is 5.82 Å². The highest BCUT2D eigenvalue weighted by Gasteiger charge is 2.38. The Morgan fingerprint density at radius 1 is 1.30 bits per heavy atom. The molecule has 0 unspecified atom stereocenters. The molecule has 1 aliphatic rings. The van der Waals surface area contributed by atoms with E-state index in [1.165, 1.54) is 4.68 Å². The van der Waals surface area contributed by atoms with Crippen molar-refractivity contribution < 1.29 is 13.2 Å².